The number of nitrogens with one attached hydrogen (secondary N) is 1. The highest BCUT2D eigenvalue weighted by molar-refractivity contribution is 8.00. The van der Waals surface area contributed by atoms with Gasteiger partial charge < -0.3 is 0 Å². The quantitative estimate of drug-likeness (QED) is 0.286. The molecule has 28 heavy (non-hydrogen) atoms. The Bertz CT molecular complexity index is 1080. The van der Waals surface area contributed by atoms with Gasteiger partial charge in [0.1, 0.15) is 0 Å². The number of hydrazone groups is 1. The lowest BCUT2D eigenvalue weighted by atomic mass is 10.1. The van der Waals surface area contributed by atoms with Gasteiger partial charge in [-0.2, -0.15) is 5.10 Å². The Labute approximate surface area is 170 Å². The van der Waals surface area contributed by atoms with Gasteiger partial charge in [-0.25, -0.2) is 10.4 Å². The van der Waals surface area contributed by atoms with Crippen LogP contribution in [0.4, 0.5) is 0 Å². The number of thiazole rings is 1. The van der Waals surface area contributed by atoms with Crippen LogP contribution in [-0.2, 0) is 5.75 Å². The van der Waals surface area contributed by atoms with Gasteiger partial charge in [0.15, 0.2) is 4.34 Å². The third-order valence-electron chi connectivity index (χ3n) is 3.92. The molecule has 2 aromatic carbocycles. The molecule has 0 aliphatic carbocycles. The molecule has 0 aliphatic rings. The van der Waals surface area contributed by atoms with Crippen LogP contribution in [0.25, 0.3) is 10.2 Å². The molecule has 0 saturated carbocycles. The summed E-state index contributed by atoms with van der Waals surface area (Å²) in [6, 6.07) is 19.4. The second-order valence-corrected chi connectivity index (χ2v) is 8.17. The maximum absolute atomic E-state index is 12.2. The summed E-state index contributed by atoms with van der Waals surface area (Å²) in [5, 5.41) is 3.96. The van der Waals surface area contributed by atoms with Crippen LogP contribution in [0, 0.1) is 0 Å². The number of thioether (sulfide) groups is 1. The summed E-state index contributed by atoms with van der Waals surface area (Å²) >= 11 is 3.40. The van der Waals surface area contributed by atoms with Crippen molar-refractivity contribution < 1.29 is 4.79 Å². The van der Waals surface area contributed by atoms with Gasteiger partial charge >= 0.3 is 0 Å². The molecule has 4 rings (SSSR count). The molecule has 0 atom stereocenters. The third kappa shape index (κ3) is 4.62. The first kappa shape index (κ1) is 18.3. The van der Waals surface area contributed by atoms with Crippen LogP contribution in [0.5, 0.6) is 0 Å². The molecule has 2 heterocycles. The number of pyridine rings is 1. The molecular formula is C21H16N4OS2. The van der Waals surface area contributed by atoms with Gasteiger partial charge in [0.2, 0.25) is 0 Å². The van der Waals surface area contributed by atoms with Gasteiger partial charge in [0.25, 0.3) is 5.91 Å². The molecule has 0 radical (unpaired) electrons. The van der Waals surface area contributed by atoms with Gasteiger partial charge in [-0.1, -0.05) is 42.1 Å². The molecule has 7 heteroatoms. The summed E-state index contributed by atoms with van der Waals surface area (Å²) in [4.78, 5) is 20.8. The predicted molar refractivity (Wildman–Crippen MR) is 115 cm³/mol. The number of fused-ring (bicyclic) bond motifs is 1. The second kappa shape index (κ2) is 8.77. The van der Waals surface area contributed by atoms with E-state index in [0.717, 1.165) is 26.7 Å². The number of rotatable bonds is 6. The van der Waals surface area contributed by atoms with E-state index in [1.807, 2.05) is 54.6 Å². The molecule has 0 fully saturated rings. The van der Waals surface area contributed by atoms with Crippen LogP contribution in [0.3, 0.4) is 0 Å². The number of amides is 1. The van der Waals surface area contributed by atoms with E-state index in [1.54, 1.807) is 41.7 Å². The molecule has 1 amide bonds. The molecular weight excluding hydrogens is 388 g/mol. The standard InChI is InChI=1S/C21H16N4OS2/c26-20(25-23-13-16-4-3-11-22-12-16)17-9-7-15(8-10-17)14-27-21-24-18-5-1-2-6-19(18)28-21/h1-13H,14H2,(H,25,26)/b23-13-. The Morgan fingerprint density at radius 2 is 1.96 bits per heavy atom. The van der Waals surface area contributed by atoms with Crippen molar-refractivity contribution in [1.82, 2.24) is 15.4 Å². The predicted octanol–water partition coefficient (Wildman–Crippen LogP) is 4.75. The third-order valence-corrected chi connectivity index (χ3v) is 6.17. The number of para-hydroxylation sites is 1. The average Bonchev–Trinajstić information content (AvgIpc) is 3.16. The largest absolute Gasteiger partial charge is 0.271 e. The van der Waals surface area contributed by atoms with Crippen molar-refractivity contribution in [2.24, 2.45) is 5.10 Å². The van der Waals surface area contributed by atoms with E-state index in [2.05, 4.69) is 26.6 Å². The summed E-state index contributed by atoms with van der Waals surface area (Å²) in [5.74, 6) is 0.562. The number of hydrogen-bond donors (Lipinski definition) is 1. The maximum Gasteiger partial charge on any atom is 0.271 e. The molecule has 5 nitrogen and oxygen atoms in total. The fraction of sp³-hybridized carbons (Fsp3) is 0.0476. The van der Waals surface area contributed by atoms with Crippen molar-refractivity contribution >= 4 is 45.4 Å². The first-order valence-electron chi connectivity index (χ1n) is 8.59. The van der Waals surface area contributed by atoms with Crippen molar-refractivity contribution in [2.75, 3.05) is 0 Å². The monoisotopic (exact) mass is 404 g/mol. The van der Waals surface area contributed by atoms with E-state index in [0.29, 0.717) is 5.56 Å². The lowest BCUT2D eigenvalue weighted by Crippen LogP contribution is -2.17. The SMILES string of the molecule is O=C(N/N=C\c1cccnc1)c1ccc(CSc2nc3ccccc3s2)cc1. The Kier molecular flexibility index (Phi) is 5.75. The van der Waals surface area contributed by atoms with Crippen molar-refractivity contribution in [1.29, 1.82) is 0 Å². The lowest BCUT2D eigenvalue weighted by Gasteiger charge is -2.02. The molecule has 1 N–H and O–H groups in total. The molecule has 0 bridgehead atoms. The van der Waals surface area contributed by atoms with Crippen LogP contribution in [-0.4, -0.2) is 22.1 Å². The summed E-state index contributed by atoms with van der Waals surface area (Å²) in [6.45, 7) is 0. The Balaban J connectivity index is 1.32. The second-order valence-electron chi connectivity index (χ2n) is 5.92. The van der Waals surface area contributed by atoms with E-state index >= 15 is 0 Å². The molecule has 0 unspecified atom stereocenters. The van der Waals surface area contributed by atoms with Gasteiger partial charge in [0, 0.05) is 29.3 Å². The summed E-state index contributed by atoms with van der Waals surface area (Å²) in [5.41, 5.74) is 6.09. The minimum atomic E-state index is -0.245. The number of carbonyl (C=O) groups excluding carboxylic acids is 1. The van der Waals surface area contributed by atoms with Gasteiger partial charge in [0.05, 0.1) is 16.4 Å². The molecule has 0 saturated heterocycles. The van der Waals surface area contributed by atoms with Crippen molar-refractivity contribution in [3.05, 3.63) is 89.7 Å². The number of nitrogens with zero attached hydrogens (tertiary/aromatic N) is 3. The topological polar surface area (TPSA) is 67.2 Å². The zero-order valence-electron chi connectivity index (χ0n) is 14.8. The van der Waals surface area contributed by atoms with Crippen LogP contribution < -0.4 is 5.43 Å². The summed E-state index contributed by atoms with van der Waals surface area (Å²) in [7, 11) is 0. The van der Waals surface area contributed by atoms with Gasteiger partial charge in [-0.3, -0.25) is 9.78 Å². The maximum atomic E-state index is 12.2. The number of benzene rings is 2. The average molecular weight is 405 g/mol. The Morgan fingerprint density at radius 1 is 1.11 bits per heavy atom. The fourth-order valence-corrected chi connectivity index (χ4v) is 4.52. The zero-order chi connectivity index (χ0) is 19.2. The molecule has 4 aromatic rings. The van der Waals surface area contributed by atoms with E-state index in [-0.39, 0.29) is 5.91 Å². The number of hydrogen-bond acceptors (Lipinski definition) is 6. The molecule has 0 spiro atoms. The number of carbonyl (C=O) groups is 1. The minimum Gasteiger partial charge on any atom is -0.267 e. The molecule has 138 valence electrons. The molecule has 0 aliphatic heterocycles. The Hall–Kier alpha value is -3.03. The summed E-state index contributed by atoms with van der Waals surface area (Å²) in [6.07, 6.45) is 4.92. The minimum absolute atomic E-state index is 0.245. The lowest BCUT2D eigenvalue weighted by molar-refractivity contribution is 0.0955. The van der Waals surface area contributed by atoms with Crippen LogP contribution >= 0.6 is 23.1 Å². The van der Waals surface area contributed by atoms with Crippen LogP contribution in [0.2, 0.25) is 0 Å². The van der Waals surface area contributed by atoms with Crippen molar-refractivity contribution in [3.63, 3.8) is 0 Å². The van der Waals surface area contributed by atoms with Gasteiger partial charge in [-0.15, -0.1) is 11.3 Å². The zero-order valence-corrected chi connectivity index (χ0v) is 16.4. The van der Waals surface area contributed by atoms with Crippen LogP contribution in [0.1, 0.15) is 21.5 Å². The highest BCUT2D eigenvalue weighted by Gasteiger charge is 2.06. The van der Waals surface area contributed by atoms with Crippen molar-refractivity contribution in [2.45, 2.75) is 10.1 Å². The first-order valence-corrected chi connectivity index (χ1v) is 10.4. The highest BCUT2D eigenvalue weighted by Crippen LogP contribution is 2.31. The number of aromatic nitrogens is 2. The van der Waals surface area contributed by atoms with E-state index in [4.69, 9.17) is 0 Å². The highest BCUT2D eigenvalue weighted by atomic mass is 32.2. The van der Waals surface area contributed by atoms with Crippen LogP contribution in [0.15, 0.2) is 82.5 Å². The molecule has 2 aromatic heterocycles. The van der Waals surface area contributed by atoms with Gasteiger partial charge in [-0.05, 0) is 35.9 Å². The van der Waals surface area contributed by atoms with Crippen molar-refractivity contribution in [3.8, 4) is 0 Å². The Morgan fingerprint density at radius 3 is 2.75 bits per heavy atom. The summed E-state index contributed by atoms with van der Waals surface area (Å²) < 4.78 is 2.25. The first-order chi connectivity index (χ1) is 13.8. The smallest absolute Gasteiger partial charge is 0.267 e. The van der Waals surface area contributed by atoms with E-state index in [9.17, 15) is 4.79 Å². The fourth-order valence-electron chi connectivity index (χ4n) is 2.49. The van der Waals surface area contributed by atoms with E-state index in [1.165, 1.54) is 4.70 Å². The van der Waals surface area contributed by atoms with E-state index < -0.39 is 0 Å². The normalized spacial score (nSPS) is 11.1.